The Morgan fingerprint density at radius 2 is 1.96 bits per heavy atom. The van der Waals surface area contributed by atoms with Crippen molar-refractivity contribution < 1.29 is 4.74 Å². The molecule has 4 rings (SSSR count). The number of fused-ring (bicyclic) bond motifs is 3. The van der Waals surface area contributed by atoms with Crippen LogP contribution >= 0.6 is 11.3 Å². The van der Waals surface area contributed by atoms with Gasteiger partial charge < -0.3 is 4.74 Å². The summed E-state index contributed by atoms with van der Waals surface area (Å²) in [5, 5.41) is 11.9. The zero-order valence-electron chi connectivity index (χ0n) is 14.6. The fourth-order valence-corrected chi connectivity index (χ4v) is 4.03. The smallest absolute Gasteiger partial charge is 0.167 e. The molecule has 0 amide bonds. The molecule has 0 saturated carbocycles. The van der Waals surface area contributed by atoms with Gasteiger partial charge in [-0.15, -0.1) is 21.5 Å². The van der Waals surface area contributed by atoms with E-state index >= 15 is 0 Å². The number of ether oxygens (including phenoxy) is 1. The first-order valence-corrected chi connectivity index (χ1v) is 9.29. The molecule has 1 unspecified atom stereocenters. The second-order valence-corrected chi connectivity index (χ2v) is 6.46. The van der Waals surface area contributed by atoms with Gasteiger partial charge in [-0.25, -0.2) is 0 Å². The normalized spacial score (nSPS) is 15.8. The van der Waals surface area contributed by atoms with Gasteiger partial charge in [-0.1, -0.05) is 44.2 Å². The number of hydrogen-bond acceptors (Lipinski definition) is 4. The first kappa shape index (κ1) is 16.9. The fourth-order valence-electron chi connectivity index (χ4n) is 2.89. The minimum atomic E-state index is -0.0367. The summed E-state index contributed by atoms with van der Waals surface area (Å²) in [5.41, 5.74) is 3.92. The molecule has 0 aliphatic carbocycles. The van der Waals surface area contributed by atoms with E-state index in [2.05, 4.69) is 50.5 Å². The van der Waals surface area contributed by atoms with Crippen LogP contribution in [0.1, 0.15) is 55.2 Å². The van der Waals surface area contributed by atoms with Gasteiger partial charge in [-0.2, -0.15) is 0 Å². The average Bonchev–Trinajstić information content (AvgIpc) is 3.15. The number of hydrogen-bond donors (Lipinski definition) is 0. The van der Waals surface area contributed by atoms with Crippen molar-refractivity contribution in [2.45, 2.75) is 46.8 Å². The van der Waals surface area contributed by atoms with Crippen LogP contribution in [0.3, 0.4) is 0 Å². The van der Waals surface area contributed by atoms with Crippen molar-refractivity contribution in [2.24, 2.45) is 0 Å². The maximum atomic E-state index is 5.99. The summed E-state index contributed by atoms with van der Waals surface area (Å²) in [4.78, 5) is 0. The van der Waals surface area contributed by atoms with E-state index in [0.29, 0.717) is 6.61 Å². The molecule has 3 heterocycles. The van der Waals surface area contributed by atoms with Gasteiger partial charge in [0.05, 0.1) is 6.61 Å². The van der Waals surface area contributed by atoms with Gasteiger partial charge in [0.25, 0.3) is 0 Å². The molecule has 1 aliphatic heterocycles. The van der Waals surface area contributed by atoms with Crippen molar-refractivity contribution in [3.05, 3.63) is 64.1 Å². The van der Waals surface area contributed by atoms with Gasteiger partial charge in [0.15, 0.2) is 5.82 Å². The van der Waals surface area contributed by atoms with Gasteiger partial charge in [-0.3, -0.25) is 4.57 Å². The lowest BCUT2D eigenvalue weighted by Crippen LogP contribution is -2.04. The maximum absolute atomic E-state index is 5.99. The molecular weight excluding hydrogens is 318 g/mol. The van der Waals surface area contributed by atoms with Crippen molar-refractivity contribution in [1.82, 2.24) is 14.8 Å². The Kier molecular flexibility index (Phi) is 5.11. The third-order valence-electron chi connectivity index (χ3n) is 4.09. The molecule has 1 aromatic carbocycles. The zero-order chi connectivity index (χ0) is 17.1. The third-order valence-corrected chi connectivity index (χ3v) is 5.14. The molecule has 0 bridgehead atoms. The van der Waals surface area contributed by atoms with Crippen LogP contribution in [0.15, 0.2) is 35.7 Å². The van der Waals surface area contributed by atoms with Gasteiger partial charge in [0, 0.05) is 5.56 Å². The van der Waals surface area contributed by atoms with E-state index < -0.39 is 0 Å². The topological polar surface area (TPSA) is 39.9 Å². The van der Waals surface area contributed by atoms with Crippen LogP contribution in [0.4, 0.5) is 0 Å². The van der Waals surface area contributed by atoms with Gasteiger partial charge in [-0.05, 0) is 36.8 Å². The van der Waals surface area contributed by atoms with E-state index in [4.69, 9.17) is 4.74 Å². The van der Waals surface area contributed by atoms with Crippen LogP contribution < -0.4 is 0 Å². The molecule has 126 valence electrons. The van der Waals surface area contributed by atoms with Crippen molar-refractivity contribution in [3.8, 4) is 5.00 Å². The highest BCUT2D eigenvalue weighted by molar-refractivity contribution is 7.12. The van der Waals surface area contributed by atoms with Crippen LogP contribution in [-0.4, -0.2) is 14.8 Å². The fraction of sp³-hybridized carbons (Fsp3) is 0.368. The Morgan fingerprint density at radius 3 is 2.71 bits per heavy atom. The van der Waals surface area contributed by atoms with Crippen LogP contribution in [0.5, 0.6) is 0 Å². The highest BCUT2D eigenvalue weighted by atomic mass is 32.1. The second-order valence-electron chi connectivity index (χ2n) is 5.60. The average molecular weight is 341 g/mol. The summed E-state index contributed by atoms with van der Waals surface area (Å²) in [7, 11) is 0. The van der Waals surface area contributed by atoms with E-state index in [0.717, 1.165) is 18.1 Å². The number of rotatable bonds is 2. The summed E-state index contributed by atoms with van der Waals surface area (Å²) < 4.78 is 8.13. The second kappa shape index (κ2) is 7.28. The van der Waals surface area contributed by atoms with Crippen LogP contribution in [0.2, 0.25) is 0 Å². The molecular formula is C19H23N3OS. The molecule has 3 aromatic rings. The Labute approximate surface area is 147 Å². The summed E-state index contributed by atoms with van der Waals surface area (Å²) in [6.45, 7) is 8.66. The first-order valence-electron chi connectivity index (χ1n) is 8.41. The van der Waals surface area contributed by atoms with Crippen molar-refractivity contribution in [3.63, 3.8) is 0 Å². The van der Waals surface area contributed by atoms with Crippen molar-refractivity contribution in [1.29, 1.82) is 0 Å². The number of benzene rings is 1. The molecule has 0 radical (unpaired) electrons. The number of aryl methyl sites for hydroxylation is 1. The Balaban J connectivity index is 0.000000815. The summed E-state index contributed by atoms with van der Waals surface area (Å²) >= 11 is 1.75. The summed E-state index contributed by atoms with van der Waals surface area (Å²) in [6, 6.07) is 10.6. The molecule has 0 fully saturated rings. The molecule has 0 spiro atoms. The quantitative estimate of drug-likeness (QED) is 0.669. The predicted octanol–water partition coefficient (Wildman–Crippen LogP) is 4.85. The van der Waals surface area contributed by atoms with Crippen LogP contribution in [0.25, 0.3) is 5.00 Å². The van der Waals surface area contributed by atoms with E-state index in [1.165, 1.54) is 21.7 Å². The molecule has 5 heteroatoms. The molecule has 0 N–H and O–H groups in total. The van der Waals surface area contributed by atoms with Crippen molar-refractivity contribution in [2.75, 3.05) is 0 Å². The number of nitrogens with zero attached hydrogens (tertiary/aromatic N) is 3. The van der Waals surface area contributed by atoms with E-state index in [1.807, 2.05) is 27.7 Å². The molecule has 0 saturated heterocycles. The van der Waals surface area contributed by atoms with Crippen LogP contribution in [-0.2, 0) is 17.8 Å². The van der Waals surface area contributed by atoms with Crippen LogP contribution in [0, 0.1) is 6.92 Å². The molecule has 1 atom stereocenters. The lowest BCUT2D eigenvalue weighted by Gasteiger charge is -2.08. The molecule has 1 aliphatic rings. The lowest BCUT2D eigenvalue weighted by atomic mass is 10.0. The molecule has 4 nitrogen and oxygen atoms in total. The SMILES string of the molecule is CC.Cc1nnc2n1-c1scc(Cc3ccccc3)c1COC2C. The minimum Gasteiger partial charge on any atom is -0.366 e. The maximum Gasteiger partial charge on any atom is 0.167 e. The summed E-state index contributed by atoms with van der Waals surface area (Å²) in [6.07, 6.45) is 0.895. The highest BCUT2D eigenvalue weighted by Crippen LogP contribution is 2.35. The highest BCUT2D eigenvalue weighted by Gasteiger charge is 2.26. The number of aromatic nitrogens is 3. The third kappa shape index (κ3) is 3.01. The minimum absolute atomic E-state index is 0.0367. The first-order chi connectivity index (χ1) is 11.7. The molecule has 24 heavy (non-hydrogen) atoms. The Hall–Kier alpha value is -1.98. The van der Waals surface area contributed by atoms with Gasteiger partial charge in [0.1, 0.15) is 16.9 Å². The summed E-state index contributed by atoms with van der Waals surface area (Å²) in [5.74, 6) is 1.81. The van der Waals surface area contributed by atoms with Crippen molar-refractivity contribution >= 4 is 11.3 Å². The van der Waals surface area contributed by atoms with Gasteiger partial charge >= 0.3 is 0 Å². The standard InChI is InChI=1S/C17H17N3OS.C2H6/c1-11-16-19-18-12(2)20(16)17-15(9-21-11)14(10-22-17)8-13-6-4-3-5-7-13;1-2/h3-7,10-11H,8-9H2,1-2H3;1-2H3. The zero-order valence-corrected chi connectivity index (χ0v) is 15.4. The van der Waals surface area contributed by atoms with Gasteiger partial charge in [0.2, 0.25) is 0 Å². The largest absolute Gasteiger partial charge is 0.366 e. The Morgan fingerprint density at radius 1 is 1.21 bits per heavy atom. The number of thiophene rings is 1. The predicted molar refractivity (Wildman–Crippen MR) is 97.8 cm³/mol. The van der Waals surface area contributed by atoms with E-state index in [1.54, 1.807) is 11.3 Å². The lowest BCUT2D eigenvalue weighted by molar-refractivity contribution is 0.0493. The Bertz CT molecular complexity index is 807. The molecule has 2 aromatic heterocycles. The van der Waals surface area contributed by atoms with E-state index in [9.17, 15) is 0 Å². The monoisotopic (exact) mass is 341 g/mol. The van der Waals surface area contributed by atoms with E-state index in [-0.39, 0.29) is 6.10 Å².